The number of benzene rings is 6. The van der Waals surface area contributed by atoms with E-state index in [0.717, 1.165) is 50.9 Å². The fourth-order valence-electron chi connectivity index (χ4n) is 7.74. The normalized spacial score (nSPS) is 18.9. The maximum absolute atomic E-state index is 7.34. The zero-order chi connectivity index (χ0) is 41.5. The second kappa shape index (κ2) is 22.0. The largest absolute Gasteiger partial charge is 0.492 e. The second-order valence-corrected chi connectivity index (χ2v) is 15.4. The van der Waals surface area contributed by atoms with Gasteiger partial charge in [0.2, 0.25) is 0 Å². The molecule has 0 aliphatic carbocycles. The molecule has 0 aromatic heterocycles. The van der Waals surface area contributed by atoms with E-state index in [4.69, 9.17) is 40.0 Å². The van der Waals surface area contributed by atoms with Gasteiger partial charge in [0.15, 0.2) is 0 Å². The number of rotatable bonds is 20. The highest BCUT2D eigenvalue weighted by Crippen LogP contribution is 2.45. The van der Waals surface area contributed by atoms with Crippen molar-refractivity contribution in [1.82, 2.24) is 0 Å². The van der Waals surface area contributed by atoms with Gasteiger partial charge in [0, 0.05) is 5.56 Å². The molecule has 7 rings (SSSR count). The third-order valence-electron chi connectivity index (χ3n) is 10.9. The minimum Gasteiger partial charge on any atom is -0.492 e. The Morgan fingerprint density at radius 1 is 0.583 bits per heavy atom. The first-order valence-electron chi connectivity index (χ1n) is 21.0. The molecule has 6 nitrogen and oxygen atoms in total. The van der Waals surface area contributed by atoms with Gasteiger partial charge in [0.25, 0.3) is 0 Å². The van der Waals surface area contributed by atoms with Crippen LogP contribution in [0.1, 0.15) is 70.0 Å². The van der Waals surface area contributed by atoms with Crippen LogP contribution in [0, 0.1) is 0 Å². The maximum Gasteiger partial charge on any atom is 0.145 e. The minimum atomic E-state index is -0.665. The van der Waals surface area contributed by atoms with E-state index in [2.05, 4.69) is 92.4 Å². The number of aryl methyl sites for hydroxylation is 1. The number of halogens is 1. The number of hydrogen-bond donors (Lipinski definition) is 0. The van der Waals surface area contributed by atoms with Crippen molar-refractivity contribution >= 4 is 17.7 Å². The minimum absolute atomic E-state index is 0.243. The van der Waals surface area contributed by atoms with Crippen LogP contribution in [0.25, 0.3) is 6.08 Å². The Bertz CT molecular complexity index is 2200. The van der Waals surface area contributed by atoms with Crippen molar-refractivity contribution in [2.45, 2.75) is 83.6 Å². The molecule has 1 unspecified atom stereocenters. The van der Waals surface area contributed by atoms with Gasteiger partial charge in [-0.25, -0.2) is 0 Å². The molecule has 0 amide bonds. The third kappa shape index (κ3) is 11.2. The maximum atomic E-state index is 7.34. The van der Waals surface area contributed by atoms with Crippen molar-refractivity contribution in [3.05, 3.63) is 213 Å². The van der Waals surface area contributed by atoms with Crippen LogP contribution in [0.15, 0.2) is 158 Å². The van der Waals surface area contributed by atoms with Gasteiger partial charge in [-0.1, -0.05) is 183 Å². The van der Waals surface area contributed by atoms with Crippen molar-refractivity contribution in [1.29, 1.82) is 0 Å². The van der Waals surface area contributed by atoms with Gasteiger partial charge in [-0.2, -0.15) is 0 Å². The Morgan fingerprint density at radius 2 is 1.07 bits per heavy atom. The van der Waals surface area contributed by atoms with Crippen LogP contribution in [0.4, 0.5) is 0 Å². The molecule has 0 bridgehead atoms. The van der Waals surface area contributed by atoms with E-state index < -0.39 is 30.5 Å². The predicted molar refractivity (Wildman–Crippen MR) is 240 cm³/mol. The molecule has 1 saturated heterocycles. The highest BCUT2D eigenvalue weighted by atomic mass is 35.5. The number of hydrogen-bond acceptors (Lipinski definition) is 6. The molecule has 1 heterocycles. The van der Waals surface area contributed by atoms with Gasteiger partial charge in [-0.15, -0.1) is 0 Å². The fourth-order valence-corrected chi connectivity index (χ4v) is 8.01. The summed E-state index contributed by atoms with van der Waals surface area (Å²) >= 11 is 7.28. The van der Waals surface area contributed by atoms with Crippen LogP contribution < -0.4 is 4.74 Å². The average molecular weight is 823 g/mol. The summed E-state index contributed by atoms with van der Waals surface area (Å²) in [4.78, 5) is 0. The summed E-state index contributed by atoms with van der Waals surface area (Å²) < 4.78 is 41.3. The van der Waals surface area contributed by atoms with Crippen molar-refractivity contribution < 1.29 is 28.4 Å². The highest BCUT2D eigenvalue weighted by molar-refractivity contribution is 6.33. The van der Waals surface area contributed by atoms with Crippen LogP contribution in [0.3, 0.4) is 0 Å². The van der Waals surface area contributed by atoms with E-state index in [1.165, 1.54) is 5.56 Å². The summed E-state index contributed by atoms with van der Waals surface area (Å²) in [5, 5.41) is 0.552. The summed E-state index contributed by atoms with van der Waals surface area (Å²) in [6, 6.07) is 51.5. The summed E-state index contributed by atoms with van der Waals surface area (Å²) in [5.74, 6) is 0.568. The molecular weight excluding hydrogens is 768 g/mol. The SMILES string of the molecule is C=Cc1c(C2O[C@H](COCc3ccccc3)[C@@H](OCc3ccccc3)[C@H](OCc3ccccc3)[C@H]2OCc2ccccc2)cc(Cc2ccc(CC)cc2)c(Cl)c1OCC. The van der Waals surface area contributed by atoms with Crippen LogP contribution in [-0.2, 0) is 63.0 Å². The molecule has 310 valence electrons. The lowest BCUT2D eigenvalue weighted by Gasteiger charge is -2.47. The lowest BCUT2D eigenvalue weighted by molar-refractivity contribution is -0.275. The average Bonchev–Trinajstić information content (AvgIpc) is 3.30. The van der Waals surface area contributed by atoms with Crippen molar-refractivity contribution in [3.63, 3.8) is 0 Å². The van der Waals surface area contributed by atoms with Crippen LogP contribution in [0.5, 0.6) is 5.75 Å². The molecule has 1 fully saturated rings. The first kappa shape index (κ1) is 43.1. The summed E-state index contributed by atoms with van der Waals surface area (Å²) in [6.07, 6.45) is 0.316. The second-order valence-electron chi connectivity index (χ2n) is 15.0. The zero-order valence-electron chi connectivity index (χ0n) is 34.6. The highest BCUT2D eigenvalue weighted by Gasteiger charge is 2.50. The van der Waals surface area contributed by atoms with E-state index >= 15 is 0 Å². The first-order valence-corrected chi connectivity index (χ1v) is 21.3. The smallest absolute Gasteiger partial charge is 0.145 e. The van der Waals surface area contributed by atoms with E-state index in [9.17, 15) is 0 Å². The molecule has 0 radical (unpaired) electrons. The van der Waals surface area contributed by atoms with Gasteiger partial charge in [0.1, 0.15) is 36.3 Å². The van der Waals surface area contributed by atoms with Crippen molar-refractivity contribution in [3.8, 4) is 5.75 Å². The molecule has 6 aromatic rings. The predicted octanol–water partition coefficient (Wildman–Crippen LogP) is 11.9. The molecule has 7 heteroatoms. The van der Waals surface area contributed by atoms with Crippen LogP contribution in [-0.4, -0.2) is 37.6 Å². The molecule has 0 saturated carbocycles. The first-order chi connectivity index (χ1) is 29.5. The van der Waals surface area contributed by atoms with Crippen LogP contribution in [0.2, 0.25) is 5.02 Å². The van der Waals surface area contributed by atoms with Gasteiger partial charge >= 0.3 is 0 Å². The van der Waals surface area contributed by atoms with Crippen LogP contribution >= 0.6 is 11.6 Å². The van der Waals surface area contributed by atoms with Gasteiger partial charge in [-0.3, -0.25) is 0 Å². The van der Waals surface area contributed by atoms with E-state index in [-0.39, 0.29) is 6.61 Å². The topological polar surface area (TPSA) is 55.4 Å². The monoisotopic (exact) mass is 822 g/mol. The summed E-state index contributed by atoms with van der Waals surface area (Å²) in [5.41, 5.74) is 9.10. The Balaban J connectivity index is 1.35. The molecular formula is C53H55ClO6. The molecule has 1 aliphatic rings. The fraction of sp³-hybridized carbons (Fsp3) is 0.283. The quantitative estimate of drug-likeness (QED) is 0.0764. The lowest BCUT2D eigenvalue weighted by Crippen LogP contribution is -2.58. The molecule has 0 N–H and O–H groups in total. The van der Waals surface area contributed by atoms with Crippen molar-refractivity contribution in [2.75, 3.05) is 13.2 Å². The zero-order valence-corrected chi connectivity index (χ0v) is 35.3. The molecule has 60 heavy (non-hydrogen) atoms. The van der Waals surface area contributed by atoms with Gasteiger partial charge in [0.05, 0.1) is 44.7 Å². The van der Waals surface area contributed by atoms with Gasteiger partial charge in [-0.05, 0) is 64.3 Å². The van der Waals surface area contributed by atoms with Gasteiger partial charge < -0.3 is 28.4 Å². The Hall–Kier alpha value is -5.05. The Kier molecular flexibility index (Phi) is 15.8. The Morgan fingerprint density at radius 3 is 1.57 bits per heavy atom. The van der Waals surface area contributed by atoms with Crippen molar-refractivity contribution in [2.24, 2.45) is 0 Å². The lowest BCUT2D eigenvalue weighted by atomic mass is 9.86. The van der Waals surface area contributed by atoms with E-state index in [0.29, 0.717) is 50.2 Å². The summed E-state index contributed by atoms with van der Waals surface area (Å²) in [6.45, 7) is 10.5. The molecule has 5 atom stereocenters. The molecule has 0 spiro atoms. The molecule has 6 aromatic carbocycles. The third-order valence-corrected chi connectivity index (χ3v) is 11.3. The summed E-state index contributed by atoms with van der Waals surface area (Å²) in [7, 11) is 0. The van der Waals surface area contributed by atoms with E-state index in [1.807, 2.05) is 85.8 Å². The molecule has 1 aliphatic heterocycles. The van der Waals surface area contributed by atoms with E-state index in [1.54, 1.807) is 0 Å². The standard InChI is InChI=1S/C53H55ClO6/c1-4-38-27-29-39(30-28-38)31-44-32-46(45(5-2)49(48(44)54)56-6-3)50-52(58-35-42-23-15-9-16-24-42)53(59-36-43-25-17-10-18-26-43)51(57-34-41-21-13-8-14-22-41)47(60-50)37-55-33-40-19-11-7-12-20-40/h5,7-30,32,47,50-53H,2,4,6,31,33-37H2,1,3H3/t47-,50?,51-,52+,53+/m1/s1. The number of ether oxygens (including phenoxy) is 6. The Labute approximate surface area is 360 Å².